The Morgan fingerprint density at radius 1 is 1.21 bits per heavy atom. The number of carbonyl (C=O) groups excluding carboxylic acids is 2. The second-order valence-corrected chi connectivity index (χ2v) is 13.3. The van der Waals surface area contributed by atoms with Crippen molar-refractivity contribution >= 4 is 29.0 Å². The molecule has 2 unspecified atom stereocenters. The Labute approximate surface area is 250 Å². The van der Waals surface area contributed by atoms with E-state index in [1.165, 1.54) is 17.7 Å². The molecule has 3 saturated heterocycles. The maximum absolute atomic E-state index is 13.9. The third kappa shape index (κ3) is 5.69. The van der Waals surface area contributed by atoms with Crippen molar-refractivity contribution < 1.29 is 19.2 Å². The van der Waals surface area contributed by atoms with E-state index in [1.54, 1.807) is 11.3 Å². The van der Waals surface area contributed by atoms with Gasteiger partial charge < -0.3 is 30.1 Å². The van der Waals surface area contributed by atoms with E-state index in [2.05, 4.69) is 25.7 Å². The first-order valence-corrected chi connectivity index (χ1v) is 15.8. The summed E-state index contributed by atoms with van der Waals surface area (Å²) >= 11 is 1.60. The molecule has 6 rings (SSSR count). The van der Waals surface area contributed by atoms with E-state index in [0.29, 0.717) is 17.7 Å². The van der Waals surface area contributed by atoms with Crippen molar-refractivity contribution in [1.29, 1.82) is 0 Å². The Bertz CT molecular complexity index is 1400. The highest BCUT2D eigenvalue weighted by Crippen LogP contribution is 2.42. The number of aliphatic hydroxyl groups is 1. The number of aliphatic hydroxyl groups excluding tert-OH is 1. The maximum Gasteiger partial charge on any atom is 0.243 e. The molecule has 3 aliphatic heterocycles. The minimum atomic E-state index is -0.757. The highest BCUT2D eigenvalue weighted by Gasteiger charge is 2.46. The van der Waals surface area contributed by atoms with Gasteiger partial charge >= 0.3 is 0 Å². The lowest BCUT2D eigenvalue weighted by Crippen LogP contribution is -2.60. The van der Waals surface area contributed by atoms with Crippen LogP contribution < -0.4 is 15.5 Å². The van der Waals surface area contributed by atoms with Gasteiger partial charge in [-0.2, -0.15) is 0 Å². The van der Waals surface area contributed by atoms with Crippen molar-refractivity contribution in [2.75, 3.05) is 37.6 Å². The fourth-order valence-corrected chi connectivity index (χ4v) is 7.47. The van der Waals surface area contributed by atoms with Crippen LogP contribution in [0.15, 0.2) is 40.4 Å². The number of benzene rings is 1. The number of thiazole rings is 1. The van der Waals surface area contributed by atoms with Gasteiger partial charge in [-0.05, 0) is 49.9 Å². The lowest BCUT2D eigenvalue weighted by molar-refractivity contribution is -0.141. The number of aromatic nitrogens is 2. The maximum atomic E-state index is 13.9. The number of likely N-dealkylation sites (tertiary alicyclic amines) is 1. The van der Waals surface area contributed by atoms with Gasteiger partial charge in [0, 0.05) is 44.1 Å². The normalized spacial score (nSPS) is 22.4. The summed E-state index contributed by atoms with van der Waals surface area (Å²) in [6.07, 6.45) is 1.78. The fraction of sp³-hybridized carbons (Fsp3) is 0.548. The number of piperidine rings is 1. The van der Waals surface area contributed by atoms with Crippen LogP contribution in [0.25, 0.3) is 10.4 Å². The number of carbonyl (C=O) groups is 2. The Morgan fingerprint density at radius 3 is 2.62 bits per heavy atom. The zero-order chi connectivity index (χ0) is 29.4. The van der Waals surface area contributed by atoms with E-state index in [-0.39, 0.29) is 30.7 Å². The number of anilines is 1. The Balaban J connectivity index is 1.10. The van der Waals surface area contributed by atoms with E-state index >= 15 is 0 Å². The number of hydrogen-bond donors (Lipinski definition) is 3. The van der Waals surface area contributed by atoms with E-state index in [4.69, 9.17) is 4.52 Å². The highest BCUT2D eigenvalue weighted by atomic mass is 32.1. The smallest absolute Gasteiger partial charge is 0.243 e. The fourth-order valence-electron chi connectivity index (χ4n) is 6.65. The third-order valence-electron chi connectivity index (χ3n) is 9.09. The van der Waals surface area contributed by atoms with Crippen molar-refractivity contribution in [2.45, 2.75) is 64.6 Å². The molecule has 1 aromatic carbocycles. The van der Waals surface area contributed by atoms with Crippen molar-refractivity contribution in [2.24, 2.45) is 11.3 Å². The monoisotopic (exact) mass is 592 g/mol. The van der Waals surface area contributed by atoms with E-state index in [1.807, 2.05) is 56.6 Å². The number of hydrogen-bond acceptors (Lipinski definition) is 9. The lowest BCUT2D eigenvalue weighted by Gasteiger charge is -2.52. The summed E-state index contributed by atoms with van der Waals surface area (Å²) < 4.78 is 5.76. The number of nitrogens with one attached hydrogen (secondary N) is 2. The molecule has 5 heterocycles. The molecule has 1 spiro atoms. The van der Waals surface area contributed by atoms with Crippen molar-refractivity contribution in [3.8, 4) is 10.4 Å². The first-order valence-electron chi connectivity index (χ1n) is 14.9. The summed E-state index contributed by atoms with van der Waals surface area (Å²) in [5.41, 5.74) is 5.24. The highest BCUT2D eigenvalue weighted by molar-refractivity contribution is 7.13. The van der Waals surface area contributed by atoms with Gasteiger partial charge in [-0.15, -0.1) is 11.3 Å². The first kappa shape index (κ1) is 28.8. The average molecular weight is 593 g/mol. The Morgan fingerprint density at radius 2 is 1.95 bits per heavy atom. The predicted molar refractivity (Wildman–Crippen MR) is 161 cm³/mol. The predicted octanol–water partition coefficient (Wildman–Crippen LogP) is 3.31. The molecule has 42 heavy (non-hydrogen) atoms. The standard InChI is InChI=1S/C31H40N6O4S/c1-19(2)27(25-13-26(35-41-25)36-16-31(17-36)8-10-32-11-9-31)30(40)37-15-23(38)12-24(37)29(39)33-14-21-4-6-22(7-5-21)28-20(3)34-18-42-28/h4-7,13,18-19,23-24,27,32,38H,8-12,14-17H2,1-3H3,(H,33,39)/t23?,24?,27-/m0/s1. The van der Waals surface area contributed by atoms with Crippen LogP contribution >= 0.6 is 11.3 Å². The minimum absolute atomic E-state index is 0.0763. The van der Waals surface area contributed by atoms with Gasteiger partial charge in [-0.3, -0.25) is 9.59 Å². The van der Waals surface area contributed by atoms with Crippen LogP contribution in [0.2, 0.25) is 0 Å². The molecule has 2 amide bonds. The zero-order valence-electron chi connectivity index (χ0n) is 24.5. The molecule has 3 fully saturated rings. The molecule has 3 N–H and O–H groups in total. The molecule has 0 aliphatic carbocycles. The van der Waals surface area contributed by atoms with E-state index < -0.39 is 18.1 Å². The van der Waals surface area contributed by atoms with Crippen molar-refractivity contribution in [1.82, 2.24) is 25.7 Å². The van der Waals surface area contributed by atoms with Crippen LogP contribution in [0.5, 0.6) is 0 Å². The summed E-state index contributed by atoms with van der Waals surface area (Å²) in [5, 5.41) is 21.2. The summed E-state index contributed by atoms with van der Waals surface area (Å²) in [6, 6.07) is 9.18. The second-order valence-electron chi connectivity index (χ2n) is 12.5. The van der Waals surface area contributed by atoms with Crippen molar-refractivity contribution in [3.63, 3.8) is 0 Å². The number of amides is 2. The van der Waals surface area contributed by atoms with Crippen LogP contribution in [0.1, 0.15) is 56.0 Å². The van der Waals surface area contributed by atoms with Gasteiger partial charge in [-0.25, -0.2) is 4.98 Å². The van der Waals surface area contributed by atoms with Crippen LogP contribution in [-0.2, 0) is 16.1 Å². The number of rotatable bonds is 8. The summed E-state index contributed by atoms with van der Waals surface area (Å²) in [5.74, 6) is 0.118. The Kier molecular flexibility index (Phi) is 8.08. The van der Waals surface area contributed by atoms with Gasteiger partial charge in [0.25, 0.3) is 0 Å². The van der Waals surface area contributed by atoms with Gasteiger partial charge in [0.05, 0.1) is 22.2 Å². The third-order valence-corrected chi connectivity index (χ3v) is 10.1. The Hall–Kier alpha value is -3.28. The number of nitrogens with zero attached hydrogens (tertiary/aromatic N) is 4. The van der Waals surface area contributed by atoms with Gasteiger partial charge in [0.1, 0.15) is 12.0 Å². The molecular formula is C31H40N6O4S. The van der Waals surface area contributed by atoms with Gasteiger partial charge in [0.15, 0.2) is 11.6 Å². The quantitative estimate of drug-likeness (QED) is 0.364. The largest absolute Gasteiger partial charge is 0.391 e. The topological polar surface area (TPSA) is 124 Å². The molecular weight excluding hydrogens is 552 g/mol. The summed E-state index contributed by atoms with van der Waals surface area (Å²) in [6.45, 7) is 10.4. The van der Waals surface area contributed by atoms with Crippen LogP contribution in [0.3, 0.4) is 0 Å². The molecule has 224 valence electrons. The molecule has 3 aliphatic rings. The molecule has 0 radical (unpaired) electrons. The molecule has 10 nitrogen and oxygen atoms in total. The van der Waals surface area contributed by atoms with Crippen molar-refractivity contribution in [3.05, 3.63) is 52.9 Å². The molecule has 3 aromatic rings. The lowest BCUT2D eigenvalue weighted by atomic mass is 9.72. The molecule has 3 atom stereocenters. The molecule has 0 bridgehead atoms. The average Bonchev–Trinajstić information content (AvgIpc) is 3.71. The molecule has 2 aromatic heterocycles. The van der Waals surface area contributed by atoms with Gasteiger partial charge in [0.2, 0.25) is 11.8 Å². The van der Waals surface area contributed by atoms with E-state index in [0.717, 1.165) is 53.7 Å². The minimum Gasteiger partial charge on any atom is -0.391 e. The second kappa shape index (κ2) is 11.8. The SMILES string of the molecule is Cc1ncsc1-c1ccc(CNC(=O)C2CC(O)CN2C(=O)[C@H](c2cc(N3CC4(CCNCC4)C3)no2)C(C)C)cc1. The van der Waals surface area contributed by atoms with E-state index in [9.17, 15) is 14.7 Å². The van der Waals surface area contributed by atoms with Crippen LogP contribution in [0.4, 0.5) is 5.82 Å². The summed E-state index contributed by atoms with van der Waals surface area (Å²) in [7, 11) is 0. The zero-order valence-corrected chi connectivity index (χ0v) is 25.3. The number of aryl methyl sites for hydroxylation is 1. The van der Waals surface area contributed by atoms with Crippen LogP contribution in [-0.4, -0.2) is 76.8 Å². The molecule has 11 heteroatoms. The van der Waals surface area contributed by atoms with Gasteiger partial charge in [-0.1, -0.05) is 43.3 Å². The van der Waals surface area contributed by atoms with Crippen LogP contribution in [0, 0.1) is 18.3 Å². The summed E-state index contributed by atoms with van der Waals surface area (Å²) in [4.78, 5) is 36.4. The first-order chi connectivity index (χ1) is 20.2. The molecule has 0 saturated carbocycles. The number of β-amino-alcohol motifs (C(OH)–C–C–N with tert-alkyl or cyclic N) is 1.